The molecule has 0 aromatic heterocycles. The summed E-state index contributed by atoms with van der Waals surface area (Å²) < 4.78 is 1.05. The Kier molecular flexibility index (Phi) is 2.64. The van der Waals surface area contributed by atoms with Crippen LogP contribution in [0.5, 0.6) is 0 Å². The molecule has 0 unspecified atom stereocenters. The first-order valence-corrected chi connectivity index (χ1v) is 6.96. The molecule has 1 saturated carbocycles. The first-order valence-electron chi connectivity index (χ1n) is 6.17. The van der Waals surface area contributed by atoms with Crippen LogP contribution in [0.25, 0.3) is 0 Å². The van der Waals surface area contributed by atoms with Crippen LogP contribution in [-0.2, 0) is 6.42 Å². The fraction of sp³-hybridized carbons (Fsp3) is 0.500. The Bertz CT molecular complexity index is 475. The van der Waals surface area contributed by atoms with E-state index in [0.29, 0.717) is 0 Å². The lowest BCUT2D eigenvalue weighted by Crippen LogP contribution is -2.34. The molecular formula is C14H16BrNO. The number of aliphatic hydroxyl groups is 1. The van der Waals surface area contributed by atoms with Crippen molar-refractivity contribution in [1.82, 2.24) is 0 Å². The summed E-state index contributed by atoms with van der Waals surface area (Å²) in [5.41, 5.74) is 3.22. The molecule has 3 rings (SSSR count). The van der Waals surface area contributed by atoms with Crippen molar-refractivity contribution in [1.29, 1.82) is 5.41 Å². The van der Waals surface area contributed by atoms with Gasteiger partial charge in [0.1, 0.15) is 0 Å². The number of hydrogen-bond donors (Lipinski definition) is 2. The number of nitrogens with one attached hydrogen (secondary N) is 1. The van der Waals surface area contributed by atoms with E-state index in [-0.39, 0.29) is 11.5 Å². The molecule has 0 bridgehead atoms. The van der Waals surface area contributed by atoms with E-state index in [1.807, 2.05) is 0 Å². The highest BCUT2D eigenvalue weighted by Crippen LogP contribution is 2.47. The lowest BCUT2D eigenvalue weighted by molar-refractivity contribution is 0.0931. The van der Waals surface area contributed by atoms with Gasteiger partial charge in [-0.05, 0) is 49.8 Å². The van der Waals surface area contributed by atoms with E-state index in [9.17, 15) is 5.11 Å². The molecule has 0 atom stereocenters. The summed E-state index contributed by atoms with van der Waals surface area (Å²) in [5, 5.41) is 18.1. The molecule has 1 aromatic rings. The second kappa shape index (κ2) is 3.92. The summed E-state index contributed by atoms with van der Waals surface area (Å²) in [5.74, 6) is 0. The Morgan fingerprint density at radius 2 is 2.00 bits per heavy atom. The van der Waals surface area contributed by atoms with Gasteiger partial charge in [-0.1, -0.05) is 22.0 Å². The van der Waals surface area contributed by atoms with Gasteiger partial charge < -0.3 is 10.5 Å². The van der Waals surface area contributed by atoms with E-state index in [1.165, 1.54) is 5.56 Å². The Morgan fingerprint density at radius 1 is 1.29 bits per heavy atom. The molecule has 2 N–H and O–H groups in total. The molecule has 0 saturated heterocycles. The summed E-state index contributed by atoms with van der Waals surface area (Å²) in [7, 11) is 0. The SMILES string of the molecule is N=C1c2cc(Br)ccc2C[C@]12CC[C@@H](O)CC2. The zero-order valence-electron chi connectivity index (χ0n) is 9.67. The summed E-state index contributed by atoms with van der Waals surface area (Å²) in [4.78, 5) is 0. The monoisotopic (exact) mass is 293 g/mol. The quantitative estimate of drug-likeness (QED) is 0.757. The van der Waals surface area contributed by atoms with Crippen LogP contribution in [-0.4, -0.2) is 16.9 Å². The third kappa shape index (κ3) is 1.76. The van der Waals surface area contributed by atoms with Gasteiger partial charge >= 0.3 is 0 Å². The standard InChI is InChI=1S/C14H16BrNO/c15-10-2-1-9-8-14(13(16)12(9)7-10)5-3-11(17)4-6-14/h1-2,7,11,16-17H,3-6,8H2/t11-,14-. The molecule has 3 heteroatoms. The third-order valence-electron chi connectivity index (χ3n) is 4.31. The number of halogens is 1. The van der Waals surface area contributed by atoms with Gasteiger partial charge in [-0.15, -0.1) is 0 Å². The van der Waals surface area contributed by atoms with Crippen molar-refractivity contribution in [3.05, 3.63) is 33.8 Å². The first kappa shape index (κ1) is 11.4. The van der Waals surface area contributed by atoms with Gasteiger partial charge in [0.25, 0.3) is 0 Å². The minimum atomic E-state index is -0.149. The van der Waals surface area contributed by atoms with Crippen LogP contribution in [0.2, 0.25) is 0 Å². The van der Waals surface area contributed by atoms with E-state index in [2.05, 4.69) is 34.1 Å². The average Bonchev–Trinajstić information content (AvgIpc) is 2.58. The van der Waals surface area contributed by atoms with Crippen molar-refractivity contribution in [2.24, 2.45) is 5.41 Å². The molecule has 90 valence electrons. The first-order chi connectivity index (χ1) is 8.11. The second-order valence-corrected chi connectivity index (χ2v) is 6.28. The number of fused-ring (bicyclic) bond motifs is 1. The number of hydrogen-bond acceptors (Lipinski definition) is 2. The Labute approximate surface area is 110 Å². The van der Waals surface area contributed by atoms with Crippen LogP contribution in [0.4, 0.5) is 0 Å². The van der Waals surface area contributed by atoms with Crippen molar-refractivity contribution < 1.29 is 5.11 Å². The fourth-order valence-electron chi connectivity index (χ4n) is 3.26. The zero-order chi connectivity index (χ0) is 12.0. The molecule has 2 aliphatic carbocycles. The molecule has 1 spiro atoms. The lowest BCUT2D eigenvalue weighted by Gasteiger charge is -2.35. The fourth-order valence-corrected chi connectivity index (χ4v) is 3.62. The average molecular weight is 294 g/mol. The van der Waals surface area contributed by atoms with E-state index in [0.717, 1.165) is 47.9 Å². The van der Waals surface area contributed by atoms with E-state index >= 15 is 0 Å². The Morgan fingerprint density at radius 3 is 2.71 bits per heavy atom. The lowest BCUT2D eigenvalue weighted by atomic mass is 9.70. The molecule has 0 amide bonds. The van der Waals surface area contributed by atoms with Crippen molar-refractivity contribution in [2.75, 3.05) is 0 Å². The van der Waals surface area contributed by atoms with Gasteiger partial charge in [-0.3, -0.25) is 0 Å². The molecule has 2 nitrogen and oxygen atoms in total. The highest BCUT2D eigenvalue weighted by Gasteiger charge is 2.44. The molecule has 1 aromatic carbocycles. The Hall–Kier alpha value is -0.670. The summed E-state index contributed by atoms with van der Waals surface area (Å²) in [6, 6.07) is 6.26. The maximum absolute atomic E-state index is 9.62. The highest BCUT2D eigenvalue weighted by atomic mass is 79.9. The number of rotatable bonds is 0. The Balaban J connectivity index is 1.96. The van der Waals surface area contributed by atoms with Gasteiger partial charge in [-0.25, -0.2) is 0 Å². The van der Waals surface area contributed by atoms with Crippen LogP contribution in [0.15, 0.2) is 22.7 Å². The number of benzene rings is 1. The summed E-state index contributed by atoms with van der Waals surface area (Å²) in [6.07, 6.45) is 4.44. The van der Waals surface area contributed by atoms with Crippen molar-refractivity contribution in [3.8, 4) is 0 Å². The van der Waals surface area contributed by atoms with Gasteiger partial charge in [0.15, 0.2) is 0 Å². The second-order valence-electron chi connectivity index (χ2n) is 5.36. The van der Waals surface area contributed by atoms with E-state index < -0.39 is 0 Å². The van der Waals surface area contributed by atoms with Crippen LogP contribution < -0.4 is 0 Å². The van der Waals surface area contributed by atoms with Crippen molar-refractivity contribution >= 4 is 21.6 Å². The predicted octanol–water partition coefficient (Wildman–Crippen LogP) is 3.29. The van der Waals surface area contributed by atoms with Crippen LogP contribution in [0.3, 0.4) is 0 Å². The largest absolute Gasteiger partial charge is 0.393 e. The molecule has 17 heavy (non-hydrogen) atoms. The smallest absolute Gasteiger partial charge is 0.0541 e. The third-order valence-corrected chi connectivity index (χ3v) is 4.81. The zero-order valence-corrected chi connectivity index (χ0v) is 11.3. The molecule has 2 aliphatic rings. The van der Waals surface area contributed by atoms with Crippen LogP contribution >= 0.6 is 15.9 Å². The highest BCUT2D eigenvalue weighted by molar-refractivity contribution is 9.10. The van der Waals surface area contributed by atoms with Gasteiger partial charge in [0, 0.05) is 21.2 Å². The van der Waals surface area contributed by atoms with E-state index in [4.69, 9.17) is 5.41 Å². The van der Waals surface area contributed by atoms with Crippen LogP contribution in [0.1, 0.15) is 36.8 Å². The minimum absolute atomic E-state index is 0.0162. The van der Waals surface area contributed by atoms with Crippen molar-refractivity contribution in [3.63, 3.8) is 0 Å². The normalized spacial score (nSPS) is 31.9. The molecule has 0 aliphatic heterocycles. The topological polar surface area (TPSA) is 44.1 Å². The summed E-state index contributed by atoms with van der Waals surface area (Å²) in [6.45, 7) is 0. The van der Waals surface area contributed by atoms with Gasteiger partial charge in [0.2, 0.25) is 0 Å². The molecular weight excluding hydrogens is 278 g/mol. The maximum atomic E-state index is 9.62. The van der Waals surface area contributed by atoms with Gasteiger partial charge in [-0.2, -0.15) is 0 Å². The minimum Gasteiger partial charge on any atom is -0.393 e. The number of aliphatic hydroxyl groups excluding tert-OH is 1. The van der Waals surface area contributed by atoms with Gasteiger partial charge in [0.05, 0.1) is 6.10 Å². The van der Waals surface area contributed by atoms with Crippen molar-refractivity contribution in [2.45, 2.75) is 38.2 Å². The summed E-state index contributed by atoms with van der Waals surface area (Å²) >= 11 is 3.48. The molecule has 0 heterocycles. The predicted molar refractivity (Wildman–Crippen MR) is 71.6 cm³/mol. The van der Waals surface area contributed by atoms with Crippen LogP contribution in [0, 0.1) is 10.8 Å². The van der Waals surface area contributed by atoms with E-state index in [1.54, 1.807) is 0 Å². The maximum Gasteiger partial charge on any atom is 0.0541 e. The molecule has 0 radical (unpaired) electrons. The molecule has 1 fully saturated rings.